The molecule has 11 heteroatoms. The maximum Gasteiger partial charge on any atom is 0.225 e. The highest BCUT2D eigenvalue weighted by atomic mass is 28.4. The predicted molar refractivity (Wildman–Crippen MR) is 143 cm³/mol. The summed E-state index contributed by atoms with van der Waals surface area (Å²) >= 11 is 0. The quantitative estimate of drug-likeness (QED) is 0.246. The first kappa shape index (κ1) is 29.2. The lowest BCUT2D eigenvalue weighted by atomic mass is 9.93. The lowest BCUT2D eigenvalue weighted by molar-refractivity contribution is -0.203. The first-order valence-electron chi connectivity index (χ1n) is 12.8. The van der Waals surface area contributed by atoms with Gasteiger partial charge in [-0.3, -0.25) is 10.2 Å². The van der Waals surface area contributed by atoms with Crippen LogP contribution in [0.2, 0.25) is 18.1 Å². The van der Waals surface area contributed by atoms with Crippen LogP contribution < -0.4 is 5.32 Å². The van der Waals surface area contributed by atoms with Crippen LogP contribution in [0.1, 0.15) is 72.2 Å². The second-order valence-electron chi connectivity index (χ2n) is 11.6. The Morgan fingerprint density at radius 1 is 1.32 bits per heavy atom. The molecule has 0 unspecified atom stereocenters. The number of carbonyl (C=O) groups excluding carboxylic acids is 1. The zero-order valence-electron chi connectivity index (χ0n) is 23.2. The molecule has 10 nitrogen and oxygen atoms in total. The van der Waals surface area contributed by atoms with E-state index in [1.165, 1.54) is 0 Å². The Labute approximate surface area is 220 Å². The fourth-order valence-electron chi connectivity index (χ4n) is 4.27. The van der Waals surface area contributed by atoms with Gasteiger partial charge in [-0.2, -0.15) is 5.26 Å². The Kier molecular flexibility index (Phi) is 8.51. The number of hydrogen-bond acceptors (Lipinski definition) is 7. The van der Waals surface area contributed by atoms with Gasteiger partial charge in [0.15, 0.2) is 19.9 Å². The van der Waals surface area contributed by atoms with Crippen molar-refractivity contribution in [3.05, 3.63) is 23.5 Å². The van der Waals surface area contributed by atoms with Crippen LogP contribution >= 0.6 is 0 Å². The Morgan fingerprint density at radius 3 is 2.62 bits per heavy atom. The van der Waals surface area contributed by atoms with Crippen LogP contribution in [-0.4, -0.2) is 62.1 Å². The normalized spacial score (nSPS) is 27.5. The number of amides is 1. The van der Waals surface area contributed by atoms with Crippen LogP contribution in [-0.2, 0) is 29.0 Å². The maximum atomic E-state index is 12.3. The number of fused-ring (bicyclic) bond motifs is 1. The summed E-state index contributed by atoms with van der Waals surface area (Å²) in [6.45, 7) is 16.8. The third-order valence-electron chi connectivity index (χ3n) is 7.36. The molecule has 0 aliphatic carbocycles. The molecule has 37 heavy (non-hydrogen) atoms. The zero-order valence-corrected chi connectivity index (χ0v) is 24.2. The standard InChI is InChI=1S/C26H41N5O5Si/c1-9-10-11-20(32)31-23(29-16-28)17-12-13-19(30-17)26(15-27)22-21(35-25(5,6)36-22)18(34-26)14-33-37(7,8)24(2,3)4/h12-13,16,18,21-22,30H,9-11,14H2,1-8H3,(H2,28,29,31,32)/t18-,21-,22-,26+/m1/s1. The number of rotatable bonds is 9. The zero-order chi connectivity index (χ0) is 27.6. The summed E-state index contributed by atoms with van der Waals surface area (Å²) in [4.78, 5) is 19.5. The molecule has 1 aromatic heterocycles. The number of nitriles is 1. The summed E-state index contributed by atoms with van der Waals surface area (Å²) in [7, 11) is -2.08. The minimum atomic E-state index is -2.08. The topological polar surface area (TPSA) is 142 Å². The van der Waals surface area contributed by atoms with Crippen molar-refractivity contribution in [1.82, 2.24) is 10.3 Å². The van der Waals surface area contributed by atoms with Crippen molar-refractivity contribution in [2.45, 2.75) is 109 Å². The van der Waals surface area contributed by atoms with Gasteiger partial charge in [-0.1, -0.05) is 34.1 Å². The van der Waals surface area contributed by atoms with Crippen LogP contribution in [0.3, 0.4) is 0 Å². The van der Waals surface area contributed by atoms with E-state index in [1.54, 1.807) is 12.1 Å². The molecule has 0 bridgehead atoms. The van der Waals surface area contributed by atoms with Gasteiger partial charge in [-0.25, -0.2) is 4.99 Å². The number of amidine groups is 1. The number of carbonyl (C=O) groups is 1. The van der Waals surface area contributed by atoms with Gasteiger partial charge in [-0.15, -0.1) is 0 Å². The van der Waals surface area contributed by atoms with E-state index in [0.29, 0.717) is 17.8 Å². The van der Waals surface area contributed by atoms with Crippen molar-refractivity contribution in [1.29, 1.82) is 10.7 Å². The van der Waals surface area contributed by atoms with Crippen molar-refractivity contribution >= 4 is 26.4 Å². The van der Waals surface area contributed by atoms with E-state index < -0.39 is 38.0 Å². The van der Waals surface area contributed by atoms with E-state index in [4.69, 9.17) is 24.0 Å². The number of nitrogens with one attached hydrogen (secondary N) is 3. The van der Waals surface area contributed by atoms with E-state index in [2.05, 4.69) is 55.2 Å². The number of hydrogen-bond donors (Lipinski definition) is 3. The predicted octanol–water partition coefficient (Wildman–Crippen LogP) is 4.33. The number of ether oxygens (including phenoxy) is 3. The molecule has 4 atom stereocenters. The second kappa shape index (κ2) is 10.8. The van der Waals surface area contributed by atoms with Gasteiger partial charge in [0.1, 0.15) is 30.7 Å². The third kappa shape index (κ3) is 6.04. The number of unbranched alkanes of at least 4 members (excludes halogenated alkanes) is 1. The van der Waals surface area contributed by atoms with Gasteiger partial charge in [0.25, 0.3) is 0 Å². The van der Waals surface area contributed by atoms with Crippen molar-refractivity contribution in [2.75, 3.05) is 6.61 Å². The average Bonchev–Trinajstić information content (AvgIpc) is 3.48. The Bertz CT molecular complexity index is 1070. The lowest BCUT2D eigenvalue weighted by Gasteiger charge is -2.37. The molecule has 2 fully saturated rings. The number of aromatic amines is 1. The van der Waals surface area contributed by atoms with Crippen molar-refractivity contribution in [3.8, 4) is 6.07 Å². The first-order chi connectivity index (χ1) is 17.2. The first-order valence-corrected chi connectivity index (χ1v) is 15.8. The molecule has 204 valence electrons. The highest BCUT2D eigenvalue weighted by Crippen LogP contribution is 2.49. The molecule has 0 spiro atoms. The van der Waals surface area contributed by atoms with Crippen LogP contribution in [0.4, 0.5) is 0 Å². The van der Waals surface area contributed by atoms with Crippen LogP contribution in [0.15, 0.2) is 17.1 Å². The molecule has 0 saturated carbocycles. The third-order valence-corrected chi connectivity index (χ3v) is 11.9. The van der Waals surface area contributed by atoms with Crippen molar-refractivity contribution < 1.29 is 23.4 Å². The molecule has 2 aliphatic rings. The molecule has 0 aromatic carbocycles. The molecule has 2 aliphatic heterocycles. The number of nitrogens with zero attached hydrogens (tertiary/aromatic N) is 2. The van der Waals surface area contributed by atoms with Gasteiger partial charge in [0.2, 0.25) is 11.5 Å². The van der Waals surface area contributed by atoms with Crippen LogP contribution in [0.25, 0.3) is 0 Å². The summed E-state index contributed by atoms with van der Waals surface area (Å²) < 4.78 is 25.3. The van der Waals surface area contributed by atoms with Crippen LogP contribution in [0.5, 0.6) is 0 Å². The highest BCUT2D eigenvalue weighted by molar-refractivity contribution is 6.74. The van der Waals surface area contributed by atoms with Gasteiger partial charge in [0, 0.05) is 6.42 Å². The molecule has 0 radical (unpaired) electrons. The van der Waals surface area contributed by atoms with Crippen molar-refractivity contribution in [3.63, 3.8) is 0 Å². The van der Waals surface area contributed by atoms with E-state index in [0.717, 1.165) is 19.2 Å². The second-order valence-corrected chi connectivity index (χ2v) is 16.4. The van der Waals surface area contributed by atoms with Gasteiger partial charge in [0.05, 0.1) is 18.0 Å². The molecule has 1 amide bonds. The lowest BCUT2D eigenvalue weighted by Crippen LogP contribution is -2.44. The maximum absolute atomic E-state index is 12.3. The Balaban J connectivity index is 1.91. The molecule has 1 aromatic rings. The average molecular weight is 532 g/mol. The number of H-pyrrole nitrogens is 1. The van der Waals surface area contributed by atoms with Crippen molar-refractivity contribution in [2.24, 2.45) is 4.99 Å². The summed E-state index contributed by atoms with van der Waals surface area (Å²) in [5.74, 6) is -0.888. The summed E-state index contributed by atoms with van der Waals surface area (Å²) in [5.41, 5.74) is -0.575. The molecular weight excluding hydrogens is 490 g/mol. The molecule has 2 saturated heterocycles. The van der Waals surface area contributed by atoms with E-state index in [9.17, 15) is 10.1 Å². The van der Waals surface area contributed by atoms with Crippen LogP contribution in [0, 0.1) is 16.7 Å². The summed E-state index contributed by atoms with van der Waals surface area (Å²) in [6.07, 6.45) is 1.13. The number of aliphatic imine (C=N–C) groups is 1. The van der Waals surface area contributed by atoms with Gasteiger partial charge in [-0.05, 0) is 50.5 Å². The minimum Gasteiger partial charge on any atom is -0.414 e. The van der Waals surface area contributed by atoms with E-state index in [1.807, 2.05) is 20.8 Å². The SMILES string of the molecule is CCCCC(=O)N/C(=N/C=N)c1ccc([C@]2(C#N)O[C@H](CO[Si](C)(C)C(C)(C)C)[C@H]3OC(C)(C)O[C@H]32)[nH]1. The fourth-order valence-corrected chi connectivity index (χ4v) is 5.28. The van der Waals surface area contributed by atoms with E-state index >= 15 is 0 Å². The molecule has 3 rings (SSSR count). The number of aromatic nitrogens is 1. The van der Waals surface area contributed by atoms with Gasteiger partial charge >= 0.3 is 0 Å². The fraction of sp³-hybridized carbons (Fsp3) is 0.692. The molecule has 3 N–H and O–H groups in total. The summed E-state index contributed by atoms with van der Waals surface area (Å²) in [5, 5.41) is 20.6. The minimum absolute atomic E-state index is 0.0180. The molecular formula is C26H41N5O5Si. The Morgan fingerprint density at radius 2 is 2.03 bits per heavy atom. The highest BCUT2D eigenvalue weighted by Gasteiger charge is 2.65. The molecule has 3 heterocycles. The van der Waals surface area contributed by atoms with E-state index in [-0.39, 0.29) is 23.4 Å². The van der Waals surface area contributed by atoms with Gasteiger partial charge < -0.3 is 28.9 Å². The smallest absolute Gasteiger partial charge is 0.225 e. The Hall–Kier alpha value is -2.36. The largest absolute Gasteiger partial charge is 0.414 e. The monoisotopic (exact) mass is 531 g/mol. The summed E-state index contributed by atoms with van der Waals surface area (Å²) in [6, 6.07) is 5.76.